The molecule has 234 valence electrons. The molecule has 0 unspecified atom stereocenters. The molecule has 50 heavy (non-hydrogen) atoms. The second-order valence-corrected chi connectivity index (χ2v) is 12.6. The average molecular weight is 640 g/mol. The predicted molar refractivity (Wildman–Crippen MR) is 205 cm³/mol. The molecule has 4 heteroatoms. The second kappa shape index (κ2) is 11.4. The Hall–Kier alpha value is -6.78. The van der Waals surface area contributed by atoms with E-state index in [1.165, 1.54) is 10.8 Å². The maximum absolute atomic E-state index is 6.31. The lowest BCUT2D eigenvalue weighted by Gasteiger charge is -2.14. The van der Waals surface area contributed by atoms with Gasteiger partial charge in [-0.2, -0.15) is 0 Å². The maximum atomic E-state index is 6.31. The molecule has 0 saturated carbocycles. The van der Waals surface area contributed by atoms with Crippen molar-refractivity contribution in [1.29, 1.82) is 0 Å². The Morgan fingerprint density at radius 2 is 1.06 bits per heavy atom. The van der Waals surface area contributed by atoms with Gasteiger partial charge in [0.15, 0.2) is 5.82 Å². The molecule has 0 aliphatic heterocycles. The number of benzene rings is 7. The third kappa shape index (κ3) is 4.61. The van der Waals surface area contributed by atoms with E-state index in [1.54, 1.807) is 0 Å². The summed E-state index contributed by atoms with van der Waals surface area (Å²) in [4.78, 5) is 10.6. The molecule has 3 heterocycles. The number of hydrogen-bond donors (Lipinski definition) is 0. The summed E-state index contributed by atoms with van der Waals surface area (Å²) >= 11 is 0. The Morgan fingerprint density at radius 3 is 1.94 bits per heavy atom. The van der Waals surface area contributed by atoms with E-state index < -0.39 is 0 Å². The number of hydrogen-bond acceptors (Lipinski definition) is 3. The van der Waals surface area contributed by atoms with E-state index in [0.29, 0.717) is 5.82 Å². The third-order valence-corrected chi connectivity index (χ3v) is 9.61. The quantitative estimate of drug-likeness (QED) is 0.188. The van der Waals surface area contributed by atoms with E-state index in [9.17, 15) is 0 Å². The Kier molecular flexibility index (Phi) is 6.46. The van der Waals surface area contributed by atoms with Gasteiger partial charge in [0.05, 0.1) is 22.4 Å². The fourth-order valence-corrected chi connectivity index (χ4v) is 7.29. The fraction of sp³-hybridized carbons (Fsp3) is 0. The summed E-state index contributed by atoms with van der Waals surface area (Å²) < 4.78 is 8.67. The van der Waals surface area contributed by atoms with Crippen LogP contribution >= 0.6 is 0 Å². The SMILES string of the molecule is c1ccc(-c2cccc(-c3cc(-c4cccc5c6ccccc6n(-c6ccccc6)c45)nc(-c4ccc5c(c4)oc4ccccc45)n3)c2)cc1. The largest absolute Gasteiger partial charge is 0.456 e. The van der Waals surface area contributed by atoms with E-state index in [-0.39, 0.29) is 0 Å². The first-order chi connectivity index (χ1) is 24.8. The molecule has 0 radical (unpaired) electrons. The number of aromatic nitrogens is 3. The van der Waals surface area contributed by atoms with E-state index in [4.69, 9.17) is 14.4 Å². The Balaban J connectivity index is 1.24. The molecule has 0 saturated heterocycles. The standard InChI is InChI=1S/C46H29N3O/c1-3-13-30(14-4-1)31-15-11-16-32(27-31)40-29-41(48-46(47-40)33-25-26-37-36-20-8-10-24-43(36)50-44(37)28-33)39-22-12-21-38-35-19-7-9-23-42(35)49(45(38)39)34-17-5-2-6-18-34/h1-29H. The first-order valence-corrected chi connectivity index (χ1v) is 16.8. The fourth-order valence-electron chi connectivity index (χ4n) is 7.29. The smallest absolute Gasteiger partial charge is 0.160 e. The summed E-state index contributed by atoms with van der Waals surface area (Å²) in [5.41, 5.74) is 12.0. The first-order valence-electron chi connectivity index (χ1n) is 16.8. The zero-order valence-electron chi connectivity index (χ0n) is 27.0. The van der Waals surface area contributed by atoms with Gasteiger partial charge < -0.3 is 8.98 Å². The number of furan rings is 1. The number of para-hydroxylation sites is 4. The van der Waals surface area contributed by atoms with Crippen LogP contribution in [0.25, 0.3) is 94.5 Å². The van der Waals surface area contributed by atoms with Gasteiger partial charge in [0.25, 0.3) is 0 Å². The van der Waals surface area contributed by atoms with Crippen LogP contribution in [0.2, 0.25) is 0 Å². The molecule has 0 spiro atoms. The van der Waals surface area contributed by atoms with Crippen LogP contribution in [0.4, 0.5) is 0 Å². The molecule has 0 aliphatic carbocycles. The molecule has 0 bridgehead atoms. The molecule has 10 aromatic rings. The monoisotopic (exact) mass is 639 g/mol. The van der Waals surface area contributed by atoms with Crippen LogP contribution in [0.15, 0.2) is 180 Å². The van der Waals surface area contributed by atoms with Crippen molar-refractivity contribution in [2.24, 2.45) is 0 Å². The summed E-state index contributed by atoms with van der Waals surface area (Å²) in [6.07, 6.45) is 0. The summed E-state index contributed by atoms with van der Waals surface area (Å²) in [5.74, 6) is 0.643. The Morgan fingerprint density at radius 1 is 0.400 bits per heavy atom. The van der Waals surface area contributed by atoms with Gasteiger partial charge in [-0.1, -0.05) is 127 Å². The molecule has 0 atom stereocenters. The zero-order chi connectivity index (χ0) is 33.0. The number of fused-ring (bicyclic) bond motifs is 6. The summed E-state index contributed by atoms with van der Waals surface area (Å²) in [6, 6.07) is 61.4. The third-order valence-electron chi connectivity index (χ3n) is 9.61. The van der Waals surface area contributed by atoms with Crippen molar-refractivity contribution in [3.8, 4) is 50.7 Å². The minimum Gasteiger partial charge on any atom is -0.456 e. The summed E-state index contributed by atoms with van der Waals surface area (Å²) in [5, 5.41) is 4.56. The highest BCUT2D eigenvalue weighted by molar-refractivity contribution is 6.13. The summed E-state index contributed by atoms with van der Waals surface area (Å²) in [6.45, 7) is 0. The molecular formula is C46H29N3O. The van der Waals surface area contributed by atoms with Crippen molar-refractivity contribution in [2.75, 3.05) is 0 Å². The topological polar surface area (TPSA) is 43.9 Å². The number of rotatable bonds is 5. The Bertz CT molecular complexity index is 2870. The van der Waals surface area contributed by atoms with Crippen LogP contribution in [0.5, 0.6) is 0 Å². The predicted octanol–water partition coefficient (Wildman–Crippen LogP) is 12.1. The van der Waals surface area contributed by atoms with Crippen LogP contribution < -0.4 is 0 Å². The van der Waals surface area contributed by atoms with Gasteiger partial charge in [0.2, 0.25) is 0 Å². The minimum atomic E-state index is 0.643. The van der Waals surface area contributed by atoms with Crippen molar-refractivity contribution in [3.05, 3.63) is 176 Å². The van der Waals surface area contributed by atoms with Gasteiger partial charge in [0, 0.05) is 43.9 Å². The van der Waals surface area contributed by atoms with E-state index in [1.807, 2.05) is 24.3 Å². The van der Waals surface area contributed by atoms with Gasteiger partial charge >= 0.3 is 0 Å². The average Bonchev–Trinajstić information content (AvgIpc) is 3.74. The van der Waals surface area contributed by atoms with Crippen molar-refractivity contribution in [2.45, 2.75) is 0 Å². The molecule has 0 fully saturated rings. The second-order valence-electron chi connectivity index (χ2n) is 12.6. The van der Waals surface area contributed by atoms with Gasteiger partial charge in [-0.15, -0.1) is 0 Å². The molecule has 0 N–H and O–H groups in total. The highest BCUT2D eigenvalue weighted by Crippen LogP contribution is 2.40. The molecule has 0 amide bonds. The van der Waals surface area contributed by atoms with Gasteiger partial charge in [-0.25, -0.2) is 9.97 Å². The zero-order valence-corrected chi connectivity index (χ0v) is 27.0. The van der Waals surface area contributed by atoms with Crippen LogP contribution in [0.1, 0.15) is 0 Å². The van der Waals surface area contributed by atoms with Gasteiger partial charge in [0.1, 0.15) is 11.2 Å². The highest BCUT2D eigenvalue weighted by Gasteiger charge is 2.19. The van der Waals surface area contributed by atoms with Crippen molar-refractivity contribution in [1.82, 2.24) is 14.5 Å². The van der Waals surface area contributed by atoms with Crippen molar-refractivity contribution in [3.63, 3.8) is 0 Å². The van der Waals surface area contributed by atoms with E-state index in [2.05, 4.69) is 156 Å². The maximum Gasteiger partial charge on any atom is 0.160 e. The first kappa shape index (κ1) is 28.3. The normalized spacial score (nSPS) is 11.6. The van der Waals surface area contributed by atoms with Crippen molar-refractivity contribution >= 4 is 43.7 Å². The van der Waals surface area contributed by atoms with Crippen LogP contribution in [-0.2, 0) is 0 Å². The lowest BCUT2D eigenvalue weighted by molar-refractivity contribution is 0.669. The minimum absolute atomic E-state index is 0.643. The Labute approximate surface area is 288 Å². The molecule has 10 rings (SSSR count). The number of nitrogens with zero attached hydrogens (tertiary/aromatic N) is 3. The van der Waals surface area contributed by atoms with E-state index >= 15 is 0 Å². The van der Waals surface area contributed by atoms with Crippen LogP contribution in [-0.4, -0.2) is 14.5 Å². The lowest BCUT2D eigenvalue weighted by atomic mass is 10.00. The van der Waals surface area contributed by atoms with Crippen LogP contribution in [0.3, 0.4) is 0 Å². The molecule has 4 nitrogen and oxygen atoms in total. The molecule has 0 aliphatic rings. The highest BCUT2D eigenvalue weighted by atomic mass is 16.3. The van der Waals surface area contributed by atoms with E-state index in [0.717, 1.165) is 77.9 Å². The molecule has 3 aromatic heterocycles. The molecular weight excluding hydrogens is 611 g/mol. The van der Waals surface area contributed by atoms with Gasteiger partial charge in [-0.3, -0.25) is 0 Å². The van der Waals surface area contributed by atoms with Crippen molar-refractivity contribution < 1.29 is 4.42 Å². The molecule has 7 aromatic carbocycles. The lowest BCUT2D eigenvalue weighted by Crippen LogP contribution is -1.99. The van der Waals surface area contributed by atoms with Gasteiger partial charge in [-0.05, 0) is 59.7 Å². The van der Waals surface area contributed by atoms with Crippen LogP contribution in [0, 0.1) is 0 Å². The summed E-state index contributed by atoms with van der Waals surface area (Å²) in [7, 11) is 0.